The first-order chi connectivity index (χ1) is 12.8. The summed E-state index contributed by atoms with van der Waals surface area (Å²) in [6, 6.07) is 5.50. The minimum Gasteiger partial charge on any atom is -0.377 e. The molecule has 0 radical (unpaired) electrons. The number of nitrogens with zero attached hydrogens (tertiary/aromatic N) is 2. The van der Waals surface area contributed by atoms with Gasteiger partial charge in [-0.3, -0.25) is 4.90 Å². The van der Waals surface area contributed by atoms with Crippen LogP contribution in [0.5, 0.6) is 0 Å². The first-order valence-corrected chi connectivity index (χ1v) is 11.7. The van der Waals surface area contributed by atoms with Crippen LogP contribution < -0.4 is 0 Å². The van der Waals surface area contributed by atoms with Gasteiger partial charge in [0.05, 0.1) is 6.10 Å². The van der Waals surface area contributed by atoms with Gasteiger partial charge in [0, 0.05) is 42.0 Å². The van der Waals surface area contributed by atoms with Gasteiger partial charge in [-0.25, -0.2) is 0 Å². The van der Waals surface area contributed by atoms with Crippen LogP contribution in [0, 0.1) is 12.8 Å². The molecular formula is C22H36N2OS. The van der Waals surface area contributed by atoms with Gasteiger partial charge in [-0.15, -0.1) is 11.3 Å². The van der Waals surface area contributed by atoms with Gasteiger partial charge in [-0.05, 0) is 76.6 Å². The molecule has 26 heavy (non-hydrogen) atoms. The molecule has 0 N–H and O–H groups in total. The lowest BCUT2D eigenvalue weighted by atomic mass is 9.94. The molecular weight excluding hydrogens is 340 g/mol. The summed E-state index contributed by atoms with van der Waals surface area (Å²) in [5.41, 5.74) is 0. The van der Waals surface area contributed by atoms with E-state index >= 15 is 0 Å². The molecule has 146 valence electrons. The summed E-state index contributed by atoms with van der Waals surface area (Å²) in [5, 5.41) is 0. The zero-order valence-electron chi connectivity index (χ0n) is 16.5. The SMILES string of the molecule is Cc1ccc(CN(CC2CCN(C3CCCC3)CC2)C[C@H]2CCCO2)s1. The number of thiophene rings is 1. The van der Waals surface area contributed by atoms with Gasteiger partial charge in [0.15, 0.2) is 0 Å². The fourth-order valence-electron chi connectivity index (χ4n) is 5.21. The van der Waals surface area contributed by atoms with Crippen LogP contribution in [0.2, 0.25) is 0 Å². The van der Waals surface area contributed by atoms with E-state index in [1.165, 1.54) is 80.8 Å². The Kier molecular flexibility index (Phi) is 6.68. The molecule has 2 aliphatic heterocycles. The minimum absolute atomic E-state index is 0.467. The van der Waals surface area contributed by atoms with Crippen LogP contribution in [-0.4, -0.2) is 54.7 Å². The van der Waals surface area contributed by atoms with Crippen molar-refractivity contribution in [2.24, 2.45) is 5.92 Å². The summed E-state index contributed by atoms with van der Waals surface area (Å²) < 4.78 is 5.95. The third kappa shape index (κ3) is 5.09. The summed E-state index contributed by atoms with van der Waals surface area (Å²) in [6.07, 6.45) is 11.6. The van der Waals surface area contributed by atoms with Gasteiger partial charge >= 0.3 is 0 Å². The van der Waals surface area contributed by atoms with E-state index in [1.807, 2.05) is 11.3 Å². The van der Waals surface area contributed by atoms with Crippen molar-refractivity contribution in [1.29, 1.82) is 0 Å². The average molecular weight is 377 g/mol. The Morgan fingerprint density at radius 2 is 1.85 bits per heavy atom. The van der Waals surface area contributed by atoms with Crippen molar-refractivity contribution in [1.82, 2.24) is 9.80 Å². The maximum atomic E-state index is 5.95. The second kappa shape index (κ2) is 9.18. The monoisotopic (exact) mass is 376 g/mol. The second-order valence-corrected chi connectivity index (χ2v) is 10.1. The van der Waals surface area contributed by atoms with Crippen molar-refractivity contribution in [3.63, 3.8) is 0 Å². The molecule has 0 amide bonds. The summed E-state index contributed by atoms with van der Waals surface area (Å²) in [4.78, 5) is 8.46. The molecule has 3 nitrogen and oxygen atoms in total. The summed E-state index contributed by atoms with van der Waals surface area (Å²) >= 11 is 1.96. The minimum atomic E-state index is 0.467. The van der Waals surface area contributed by atoms with Crippen LogP contribution >= 0.6 is 11.3 Å². The fourth-order valence-corrected chi connectivity index (χ4v) is 6.14. The number of piperidine rings is 1. The Morgan fingerprint density at radius 3 is 2.50 bits per heavy atom. The van der Waals surface area contributed by atoms with Crippen LogP contribution in [0.4, 0.5) is 0 Å². The molecule has 1 saturated carbocycles. The average Bonchev–Trinajstić information content (AvgIpc) is 3.39. The number of rotatable bonds is 7. The number of likely N-dealkylation sites (tertiary alicyclic amines) is 1. The molecule has 0 bridgehead atoms. The normalized spacial score (nSPS) is 26.3. The van der Waals surface area contributed by atoms with Crippen LogP contribution in [-0.2, 0) is 11.3 Å². The maximum absolute atomic E-state index is 5.95. The van der Waals surface area contributed by atoms with E-state index in [0.717, 1.165) is 31.7 Å². The van der Waals surface area contributed by atoms with Crippen molar-refractivity contribution in [3.8, 4) is 0 Å². The Hall–Kier alpha value is -0.420. The predicted molar refractivity (Wildman–Crippen MR) is 110 cm³/mol. The van der Waals surface area contributed by atoms with Gasteiger partial charge in [-0.1, -0.05) is 12.8 Å². The molecule has 4 heteroatoms. The number of aryl methyl sites for hydroxylation is 1. The highest BCUT2D eigenvalue weighted by Crippen LogP contribution is 2.29. The van der Waals surface area contributed by atoms with Gasteiger partial charge in [0.2, 0.25) is 0 Å². The predicted octanol–water partition coefficient (Wildman–Crippen LogP) is 4.69. The zero-order valence-corrected chi connectivity index (χ0v) is 17.3. The third-order valence-electron chi connectivity index (χ3n) is 6.67. The van der Waals surface area contributed by atoms with E-state index in [4.69, 9.17) is 4.74 Å². The topological polar surface area (TPSA) is 15.7 Å². The maximum Gasteiger partial charge on any atom is 0.0702 e. The van der Waals surface area contributed by atoms with Gasteiger partial charge in [0.25, 0.3) is 0 Å². The molecule has 4 rings (SSSR count). The van der Waals surface area contributed by atoms with Crippen molar-refractivity contribution < 1.29 is 4.74 Å². The smallest absolute Gasteiger partial charge is 0.0702 e. The highest BCUT2D eigenvalue weighted by Gasteiger charge is 2.29. The van der Waals surface area contributed by atoms with E-state index in [0.29, 0.717) is 6.10 Å². The lowest BCUT2D eigenvalue weighted by Gasteiger charge is -2.38. The fraction of sp³-hybridized carbons (Fsp3) is 0.818. The molecule has 1 aromatic heterocycles. The Labute approximate surface area is 163 Å². The lowest BCUT2D eigenvalue weighted by Crippen LogP contribution is -2.43. The van der Waals surface area contributed by atoms with Gasteiger partial charge in [-0.2, -0.15) is 0 Å². The molecule has 0 unspecified atom stereocenters. The molecule has 1 aliphatic carbocycles. The largest absolute Gasteiger partial charge is 0.377 e. The van der Waals surface area contributed by atoms with Crippen LogP contribution in [0.15, 0.2) is 12.1 Å². The van der Waals surface area contributed by atoms with Crippen molar-refractivity contribution in [3.05, 3.63) is 21.9 Å². The zero-order chi connectivity index (χ0) is 17.8. The van der Waals surface area contributed by atoms with E-state index in [1.54, 1.807) is 0 Å². The highest BCUT2D eigenvalue weighted by atomic mass is 32.1. The van der Waals surface area contributed by atoms with Crippen LogP contribution in [0.1, 0.15) is 61.1 Å². The summed E-state index contributed by atoms with van der Waals surface area (Å²) in [7, 11) is 0. The number of ether oxygens (including phenoxy) is 1. The van der Waals surface area contributed by atoms with Gasteiger partial charge in [0.1, 0.15) is 0 Å². The molecule has 0 aromatic carbocycles. The summed E-state index contributed by atoms with van der Waals surface area (Å²) in [6.45, 7) is 9.35. The first-order valence-electron chi connectivity index (χ1n) is 10.9. The lowest BCUT2D eigenvalue weighted by molar-refractivity contribution is 0.0544. The highest BCUT2D eigenvalue weighted by molar-refractivity contribution is 7.11. The molecule has 2 saturated heterocycles. The number of hydrogen-bond acceptors (Lipinski definition) is 4. The van der Waals surface area contributed by atoms with Crippen molar-refractivity contribution in [2.45, 2.75) is 77.0 Å². The molecule has 3 heterocycles. The second-order valence-electron chi connectivity index (χ2n) is 8.76. The molecule has 3 fully saturated rings. The Morgan fingerprint density at radius 1 is 1.04 bits per heavy atom. The molecule has 1 aromatic rings. The van der Waals surface area contributed by atoms with Crippen LogP contribution in [0.3, 0.4) is 0 Å². The van der Waals surface area contributed by atoms with Crippen molar-refractivity contribution in [2.75, 3.05) is 32.8 Å². The molecule has 3 aliphatic rings. The van der Waals surface area contributed by atoms with E-state index in [9.17, 15) is 0 Å². The molecule has 0 spiro atoms. The third-order valence-corrected chi connectivity index (χ3v) is 7.65. The van der Waals surface area contributed by atoms with E-state index < -0.39 is 0 Å². The first kappa shape index (κ1) is 18.9. The molecule has 1 atom stereocenters. The Bertz CT molecular complexity index is 540. The Balaban J connectivity index is 1.30. The van der Waals surface area contributed by atoms with Crippen molar-refractivity contribution >= 4 is 11.3 Å². The van der Waals surface area contributed by atoms with E-state index in [2.05, 4.69) is 28.9 Å². The van der Waals surface area contributed by atoms with Gasteiger partial charge < -0.3 is 9.64 Å². The standard InChI is InChI=1S/C22H36N2OS/c1-18-8-9-22(26-18)17-23(16-21-7-4-14-25-21)15-19-10-12-24(13-11-19)20-5-2-3-6-20/h8-9,19-21H,2-7,10-17H2,1H3/t21-/m1/s1. The number of hydrogen-bond donors (Lipinski definition) is 0. The quantitative estimate of drug-likeness (QED) is 0.686. The summed E-state index contributed by atoms with van der Waals surface area (Å²) in [5.74, 6) is 0.870. The van der Waals surface area contributed by atoms with Crippen LogP contribution in [0.25, 0.3) is 0 Å². The van der Waals surface area contributed by atoms with E-state index in [-0.39, 0.29) is 0 Å².